The van der Waals surface area contributed by atoms with Crippen molar-refractivity contribution in [3.05, 3.63) is 80.3 Å². The third-order valence-corrected chi connectivity index (χ3v) is 5.06. The number of carbonyl (C=O) groups is 1. The van der Waals surface area contributed by atoms with E-state index >= 15 is 0 Å². The van der Waals surface area contributed by atoms with Crippen molar-refractivity contribution in [2.45, 2.75) is 0 Å². The van der Waals surface area contributed by atoms with Gasteiger partial charge in [-0.05, 0) is 58.0 Å². The Kier molecular flexibility index (Phi) is 7.05. The third-order valence-electron chi connectivity index (χ3n) is 3.78. The molecule has 3 aromatic rings. The molecule has 2 N–H and O–H groups in total. The second-order valence-electron chi connectivity index (χ2n) is 5.80. The summed E-state index contributed by atoms with van der Waals surface area (Å²) in [6.45, 7) is -0.163. The molecule has 5 nitrogen and oxygen atoms in total. The number of phenolic OH excluding ortho intramolecular Hbond substituents is 1. The van der Waals surface area contributed by atoms with E-state index in [0.717, 1.165) is 15.6 Å². The van der Waals surface area contributed by atoms with Gasteiger partial charge in [-0.2, -0.15) is 5.10 Å². The Morgan fingerprint density at radius 2 is 1.79 bits per heavy atom. The van der Waals surface area contributed by atoms with Gasteiger partial charge in [0.2, 0.25) is 0 Å². The fraction of sp³-hybridized carbons (Fsp3) is 0.0476. The highest BCUT2D eigenvalue weighted by atomic mass is 127. The first kappa shape index (κ1) is 20.3. The van der Waals surface area contributed by atoms with Gasteiger partial charge in [0.25, 0.3) is 5.91 Å². The van der Waals surface area contributed by atoms with Gasteiger partial charge >= 0.3 is 0 Å². The number of hydrogen-bond donors (Lipinski definition) is 2. The molecule has 0 bridgehead atoms. The Morgan fingerprint density at radius 1 is 1.11 bits per heavy atom. The molecule has 0 radical (unpaired) electrons. The number of aromatic hydroxyl groups is 1. The standard InChI is InChI=1S/C21H16BrIN2O3/c22-17-10-16(21(27)19(23)11-17)12-24-25-20(26)13-28-18-8-6-15(7-9-18)14-4-2-1-3-5-14/h1-12,27H,13H2,(H,25,26)/b24-12-. The van der Waals surface area contributed by atoms with E-state index in [2.05, 4.69) is 26.5 Å². The quantitative estimate of drug-likeness (QED) is 0.259. The van der Waals surface area contributed by atoms with Gasteiger partial charge in [-0.25, -0.2) is 5.43 Å². The van der Waals surface area contributed by atoms with Crippen LogP contribution < -0.4 is 10.2 Å². The van der Waals surface area contributed by atoms with E-state index in [0.29, 0.717) is 14.9 Å². The van der Waals surface area contributed by atoms with Crippen molar-refractivity contribution in [1.29, 1.82) is 0 Å². The lowest BCUT2D eigenvalue weighted by molar-refractivity contribution is -0.123. The van der Waals surface area contributed by atoms with E-state index in [-0.39, 0.29) is 12.4 Å². The van der Waals surface area contributed by atoms with E-state index in [9.17, 15) is 9.90 Å². The predicted octanol–water partition coefficient (Wildman–Crippen LogP) is 4.96. The molecular weight excluding hydrogens is 535 g/mol. The summed E-state index contributed by atoms with van der Waals surface area (Å²) in [6.07, 6.45) is 1.38. The average molecular weight is 551 g/mol. The molecule has 3 aromatic carbocycles. The number of rotatable bonds is 6. The summed E-state index contributed by atoms with van der Waals surface area (Å²) in [5, 5.41) is 13.8. The van der Waals surface area contributed by atoms with E-state index in [1.165, 1.54) is 6.21 Å². The summed E-state index contributed by atoms with van der Waals surface area (Å²) in [7, 11) is 0. The third kappa shape index (κ3) is 5.56. The molecular formula is C21H16BrIN2O3. The first-order valence-corrected chi connectivity index (χ1v) is 10.2. The van der Waals surface area contributed by atoms with Gasteiger partial charge in [-0.3, -0.25) is 4.79 Å². The predicted molar refractivity (Wildman–Crippen MR) is 122 cm³/mol. The average Bonchev–Trinajstić information content (AvgIpc) is 2.71. The van der Waals surface area contributed by atoms with Crippen LogP contribution in [0.3, 0.4) is 0 Å². The molecule has 142 valence electrons. The fourth-order valence-electron chi connectivity index (χ4n) is 2.41. The van der Waals surface area contributed by atoms with Gasteiger partial charge in [0, 0.05) is 10.0 Å². The van der Waals surface area contributed by atoms with Crippen molar-refractivity contribution >= 4 is 50.6 Å². The van der Waals surface area contributed by atoms with Crippen LogP contribution in [0, 0.1) is 3.57 Å². The summed E-state index contributed by atoms with van der Waals surface area (Å²) in [6, 6.07) is 21.0. The van der Waals surface area contributed by atoms with Crippen molar-refractivity contribution in [2.75, 3.05) is 6.61 Å². The van der Waals surface area contributed by atoms with Crippen molar-refractivity contribution < 1.29 is 14.6 Å². The molecule has 7 heteroatoms. The second kappa shape index (κ2) is 9.70. The summed E-state index contributed by atoms with van der Waals surface area (Å²) >= 11 is 5.37. The van der Waals surface area contributed by atoms with Crippen LogP contribution in [0.5, 0.6) is 11.5 Å². The normalized spacial score (nSPS) is 10.8. The Balaban J connectivity index is 1.52. The zero-order chi connectivity index (χ0) is 19.9. The summed E-state index contributed by atoms with van der Waals surface area (Å²) in [4.78, 5) is 11.9. The molecule has 0 unspecified atom stereocenters. The topological polar surface area (TPSA) is 70.9 Å². The van der Waals surface area contributed by atoms with Crippen LogP contribution in [0.1, 0.15) is 5.56 Å². The molecule has 3 rings (SSSR count). The van der Waals surface area contributed by atoms with Crippen LogP contribution in [-0.4, -0.2) is 23.8 Å². The molecule has 0 aliphatic carbocycles. The van der Waals surface area contributed by atoms with Crippen LogP contribution in [-0.2, 0) is 4.79 Å². The van der Waals surface area contributed by atoms with E-state index in [1.807, 2.05) is 77.2 Å². The van der Waals surface area contributed by atoms with Gasteiger partial charge in [-0.15, -0.1) is 0 Å². The highest BCUT2D eigenvalue weighted by Gasteiger charge is 2.06. The molecule has 28 heavy (non-hydrogen) atoms. The van der Waals surface area contributed by atoms with E-state index in [1.54, 1.807) is 12.1 Å². The number of amides is 1. The maximum atomic E-state index is 11.9. The largest absolute Gasteiger partial charge is 0.506 e. The Hall–Kier alpha value is -2.39. The molecule has 0 aliphatic rings. The van der Waals surface area contributed by atoms with Crippen molar-refractivity contribution in [2.24, 2.45) is 5.10 Å². The molecule has 0 aromatic heterocycles. The minimum absolute atomic E-state index is 0.108. The number of halogens is 2. The fourth-order valence-corrected chi connectivity index (χ4v) is 3.96. The highest BCUT2D eigenvalue weighted by Crippen LogP contribution is 2.27. The maximum Gasteiger partial charge on any atom is 0.277 e. The number of hydrogen-bond acceptors (Lipinski definition) is 4. The maximum absolute atomic E-state index is 11.9. The minimum atomic E-state index is -0.396. The van der Waals surface area contributed by atoms with Crippen LogP contribution in [0.15, 0.2) is 76.3 Å². The monoisotopic (exact) mass is 550 g/mol. The van der Waals surface area contributed by atoms with Crippen LogP contribution >= 0.6 is 38.5 Å². The first-order valence-electron chi connectivity index (χ1n) is 8.31. The molecule has 0 spiro atoms. The van der Waals surface area contributed by atoms with Gasteiger partial charge < -0.3 is 9.84 Å². The van der Waals surface area contributed by atoms with Crippen LogP contribution in [0.25, 0.3) is 11.1 Å². The number of ether oxygens (including phenoxy) is 1. The number of hydrazone groups is 1. The second-order valence-corrected chi connectivity index (χ2v) is 7.88. The van der Waals surface area contributed by atoms with E-state index < -0.39 is 5.91 Å². The Bertz CT molecular complexity index is 993. The molecule has 0 aliphatic heterocycles. The van der Waals surface area contributed by atoms with Crippen LogP contribution in [0.2, 0.25) is 0 Å². The zero-order valence-electron chi connectivity index (χ0n) is 14.6. The van der Waals surface area contributed by atoms with Crippen LogP contribution in [0.4, 0.5) is 0 Å². The SMILES string of the molecule is O=C(COc1ccc(-c2ccccc2)cc1)N/N=C\c1cc(Br)cc(I)c1O. The lowest BCUT2D eigenvalue weighted by atomic mass is 10.1. The number of nitrogens with one attached hydrogen (secondary N) is 1. The minimum Gasteiger partial charge on any atom is -0.506 e. The molecule has 1 amide bonds. The molecule has 0 atom stereocenters. The zero-order valence-corrected chi connectivity index (χ0v) is 18.3. The lowest BCUT2D eigenvalue weighted by Crippen LogP contribution is -2.24. The Morgan fingerprint density at radius 3 is 2.50 bits per heavy atom. The summed E-state index contributed by atoms with van der Waals surface area (Å²) < 4.78 is 6.97. The van der Waals surface area contributed by atoms with Gasteiger partial charge in [0.15, 0.2) is 6.61 Å². The number of nitrogens with zero attached hydrogens (tertiary/aromatic N) is 1. The van der Waals surface area contributed by atoms with E-state index in [4.69, 9.17) is 4.74 Å². The molecule has 0 fully saturated rings. The molecule has 0 saturated heterocycles. The highest BCUT2D eigenvalue weighted by molar-refractivity contribution is 14.1. The van der Waals surface area contributed by atoms with Crippen molar-refractivity contribution in [3.8, 4) is 22.6 Å². The summed E-state index contributed by atoms with van der Waals surface area (Å²) in [5.74, 6) is 0.308. The molecule has 0 saturated carbocycles. The molecule has 0 heterocycles. The Labute approximate surface area is 184 Å². The number of phenols is 1. The first-order chi connectivity index (χ1) is 13.5. The van der Waals surface area contributed by atoms with Crippen molar-refractivity contribution in [1.82, 2.24) is 5.43 Å². The van der Waals surface area contributed by atoms with Gasteiger partial charge in [0.1, 0.15) is 11.5 Å². The number of benzene rings is 3. The number of carbonyl (C=O) groups excluding carboxylic acids is 1. The summed E-state index contributed by atoms with van der Waals surface area (Å²) in [5.41, 5.74) is 5.07. The van der Waals surface area contributed by atoms with Gasteiger partial charge in [-0.1, -0.05) is 58.4 Å². The van der Waals surface area contributed by atoms with Crippen molar-refractivity contribution in [3.63, 3.8) is 0 Å². The lowest BCUT2D eigenvalue weighted by Gasteiger charge is -2.07. The smallest absolute Gasteiger partial charge is 0.277 e. The van der Waals surface area contributed by atoms with Gasteiger partial charge in [0.05, 0.1) is 9.78 Å².